The first kappa shape index (κ1) is 17.7. The molecule has 24 heavy (non-hydrogen) atoms. The zero-order chi connectivity index (χ0) is 17.4. The van der Waals surface area contributed by atoms with Gasteiger partial charge in [-0.2, -0.15) is 0 Å². The van der Waals surface area contributed by atoms with Crippen LogP contribution >= 0.6 is 0 Å². The van der Waals surface area contributed by atoms with Crippen LogP contribution in [0.25, 0.3) is 0 Å². The predicted molar refractivity (Wildman–Crippen MR) is 93.2 cm³/mol. The highest BCUT2D eigenvalue weighted by Crippen LogP contribution is 2.27. The molecule has 0 heterocycles. The van der Waals surface area contributed by atoms with Crippen LogP contribution in [0.5, 0.6) is 17.2 Å². The molecule has 0 fully saturated rings. The fourth-order valence-electron chi connectivity index (χ4n) is 2.49. The second-order valence-electron chi connectivity index (χ2n) is 5.25. The first-order valence-corrected chi connectivity index (χ1v) is 7.81. The third-order valence-corrected chi connectivity index (χ3v) is 3.72. The van der Waals surface area contributed by atoms with Gasteiger partial charge in [-0.05, 0) is 42.7 Å². The number of aryl methyl sites for hydroxylation is 1. The van der Waals surface area contributed by atoms with E-state index < -0.39 is 0 Å². The molecule has 2 aromatic carbocycles. The summed E-state index contributed by atoms with van der Waals surface area (Å²) in [5, 5.41) is 2.92. The van der Waals surface area contributed by atoms with Gasteiger partial charge in [0.2, 0.25) is 0 Å². The number of rotatable bonds is 8. The monoisotopic (exact) mass is 329 g/mol. The summed E-state index contributed by atoms with van der Waals surface area (Å²) in [4.78, 5) is 12.4. The summed E-state index contributed by atoms with van der Waals surface area (Å²) >= 11 is 0. The van der Waals surface area contributed by atoms with E-state index in [4.69, 9.17) is 14.2 Å². The largest absolute Gasteiger partial charge is 0.497 e. The average Bonchev–Trinajstić information content (AvgIpc) is 2.64. The minimum Gasteiger partial charge on any atom is -0.497 e. The standard InChI is InChI=1S/C19H23NO4/c1-22-15-9-4-7-14(13-15)8-6-12-20-19(21)18-16(23-2)10-5-11-17(18)24-3/h4-5,7,9-11,13H,6,8,12H2,1-3H3,(H,20,21). The van der Waals surface area contributed by atoms with Crippen LogP contribution < -0.4 is 19.5 Å². The van der Waals surface area contributed by atoms with Crippen LogP contribution in [0, 0.1) is 0 Å². The Kier molecular flexibility index (Phi) is 6.49. The molecule has 128 valence electrons. The molecule has 0 saturated carbocycles. The van der Waals surface area contributed by atoms with Gasteiger partial charge in [0.25, 0.3) is 5.91 Å². The lowest BCUT2D eigenvalue weighted by Gasteiger charge is -2.13. The summed E-state index contributed by atoms with van der Waals surface area (Å²) in [5.41, 5.74) is 1.60. The van der Waals surface area contributed by atoms with E-state index in [1.165, 1.54) is 19.8 Å². The van der Waals surface area contributed by atoms with Gasteiger partial charge in [0.05, 0.1) is 21.3 Å². The van der Waals surface area contributed by atoms with Crippen molar-refractivity contribution in [2.75, 3.05) is 27.9 Å². The predicted octanol–water partition coefficient (Wildman–Crippen LogP) is 3.08. The zero-order valence-electron chi connectivity index (χ0n) is 14.3. The van der Waals surface area contributed by atoms with Crippen LogP contribution in [0.15, 0.2) is 42.5 Å². The molecular formula is C19H23NO4. The second-order valence-corrected chi connectivity index (χ2v) is 5.25. The molecule has 0 aliphatic heterocycles. The van der Waals surface area contributed by atoms with Crippen molar-refractivity contribution in [2.24, 2.45) is 0 Å². The molecule has 1 amide bonds. The van der Waals surface area contributed by atoms with Crippen LogP contribution in [0.2, 0.25) is 0 Å². The van der Waals surface area contributed by atoms with Crippen molar-refractivity contribution in [2.45, 2.75) is 12.8 Å². The van der Waals surface area contributed by atoms with Crippen molar-refractivity contribution >= 4 is 5.91 Å². The van der Waals surface area contributed by atoms with Gasteiger partial charge in [-0.15, -0.1) is 0 Å². The number of hydrogen-bond donors (Lipinski definition) is 1. The van der Waals surface area contributed by atoms with E-state index in [9.17, 15) is 4.79 Å². The number of methoxy groups -OCH3 is 3. The minimum atomic E-state index is -0.199. The first-order chi connectivity index (χ1) is 11.7. The van der Waals surface area contributed by atoms with E-state index in [0.29, 0.717) is 23.6 Å². The van der Waals surface area contributed by atoms with Crippen LogP contribution in [0.3, 0.4) is 0 Å². The maximum atomic E-state index is 12.4. The Hall–Kier alpha value is -2.69. The van der Waals surface area contributed by atoms with Gasteiger partial charge < -0.3 is 19.5 Å². The third kappa shape index (κ3) is 4.41. The smallest absolute Gasteiger partial charge is 0.258 e. The fourth-order valence-corrected chi connectivity index (χ4v) is 2.49. The number of hydrogen-bond acceptors (Lipinski definition) is 4. The van der Waals surface area contributed by atoms with Crippen molar-refractivity contribution in [1.82, 2.24) is 5.32 Å². The van der Waals surface area contributed by atoms with Gasteiger partial charge in [0.1, 0.15) is 22.8 Å². The Morgan fingerprint density at radius 1 is 0.958 bits per heavy atom. The normalized spacial score (nSPS) is 10.1. The molecule has 0 bridgehead atoms. The molecule has 5 nitrogen and oxygen atoms in total. The molecule has 0 saturated heterocycles. The summed E-state index contributed by atoms with van der Waals surface area (Å²) in [6, 6.07) is 13.2. The Bertz CT molecular complexity index is 663. The number of benzene rings is 2. The fraction of sp³-hybridized carbons (Fsp3) is 0.316. The second kappa shape index (κ2) is 8.82. The molecule has 0 aromatic heterocycles. The van der Waals surface area contributed by atoms with Gasteiger partial charge in [-0.25, -0.2) is 0 Å². The van der Waals surface area contributed by atoms with E-state index >= 15 is 0 Å². The van der Waals surface area contributed by atoms with E-state index in [-0.39, 0.29) is 5.91 Å². The maximum absolute atomic E-state index is 12.4. The van der Waals surface area contributed by atoms with E-state index in [2.05, 4.69) is 5.32 Å². The highest BCUT2D eigenvalue weighted by molar-refractivity contribution is 5.99. The van der Waals surface area contributed by atoms with E-state index in [1.807, 2.05) is 24.3 Å². The highest BCUT2D eigenvalue weighted by Gasteiger charge is 2.17. The van der Waals surface area contributed by atoms with Crippen LogP contribution in [-0.4, -0.2) is 33.8 Å². The van der Waals surface area contributed by atoms with Crippen molar-refractivity contribution in [3.8, 4) is 17.2 Å². The Balaban J connectivity index is 1.92. The summed E-state index contributed by atoms with van der Waals surface area (Å²) in [5.74, 6) is 1.64. The first-order valence-electron chi connectivity index (χ1n) is 7.81. The number of amides is 1. The molecule has 2 aromatic rings. The zero-order valence-corrected chi connectivity index (χ0v) is 14.3. The van der Waals surface area contributed by atoms with Crippen LogP contribution in [0.1, 0.15) is 22.3 Å². The minimum absolute atomic E-state index is 0.199. The van der Waals surface area contributed by atoms with E-state index in [0.717, 1.165) is 18.6 Å². The van der Waals surface area contributed by atoms with Crippen LogP contribution in [-0.2, 0) is 6.42 Å². The van der Waals surface area contributed by atoms with Crippen molar-refractivity contribution < 1.29 is 19.0 Å². The lowest BCUT2D eigenvalue weighted by molar-refractivity contribution is 0.0947. The van der Waals surface area contributed by atoms with Gasteiger partial charge in [0, 0.05) is 6.54 Å². The number of carbonyl (C=O) groups is 1. The number of nitrogens with one attached hydrogen (secondary N) is 1. The maximum Gasteiger partial charge on any atom is 0.258 e. The topological polar surface area (TPSA) is 56.8 Å². The summed E-state index contributed by atoms with van der Waals surface area (Å²) in [6.07, 6.45) is 1.69. The van der Waals surface area contributed by atoms with E-state index in [1.54, 1.807) is 25.3 Å². The Labute approximate surface area is 142 Å². The van der Waals surface area contributed by atoms with Crippen molar-refractivity contribution in [3.63, 3.8) is 0 Å². The highest BCUT2D eigenvalue weighted by atomic mass is 16.5. The van der Waals surface area contributed by atoms with Crippen molar-refractivity contribution in [3.05, 3.63) is 53.6 Å². The van der Waals surface area contributed by atoms with Gasteiger partial charge in [0.15, 0.2) is 0 Å². The number of ether oxygens (including phenoxy) is 3. The molecule has 0 atom stereocenters. The summed E-state index contributed by atoms with van der Waals surface area (Å²) < 4.78 is 15.7. The molecule has 0 unspecified atom stereocenters. The Morgan fingerprint density at radius 3 is 2.25 bits per heavy atom. The molecule has 5 heteroatoms. The molecule has 0 radical (unpaired) electrons. The average molecular weight is 329 g/mol. The third-order valence-electron chi connectivity index (χ3n) is 3.72. The van der Waals surface area contributed by atoms with Crippen molar-refractivity contribution in [1.29, 1.82) is 0 Å². The van der Waals surface area contributed by atoms with Crippen LogP contribution in [0.4, 0.5) is 0 Å². The Morgan fingerprint density at radius 2 is 1.62 bits per heavy atom. The van der Waals surface area contributed by atoms with Gasteiger partial charge in [-0.1, -0.05) is 18.2 Å². The molecule has 0 aliphatic carbocycles. The number of carbonyl (C=O) groups excluding carboxylic acids is 1. The van der Waals surface area contributed by atoms with Gasteiger partial charge in [-0.3, -0.25) is 4.79 Å². The quantitative estimate of drug-likeness (QED) is 0.756. The molecular weight excluding hydrogens is 306 g/mol. The lowest BCUT2D eigenvalue weighted by Crippen LogP contribution is -2.25. The van der Waals surface area contributed by atoms with Gasteiger partial charge >= 0.3 is 0 Å². The summed E-state index contributed by atoms with van der Waals surface area (Å²) in [7, 11) is 4.72. The molecule has 2 rings (SSSR count). The lowest BCUT2D eigenvalue weighted by atomic mass is 10.1. The molecule has 1 N–H and O–H groups in total. The molecule has 0 spiro atoms. The summed E-state index contributed by atoms with van der Waals surface area (Å²) in [6.45, 7) is 0.567. The SMILES string of the molecule is COc1cccc(CCCNC(=O)c2c(OC)cccc2OC)c1. The molecule has 0 aliphatic rings.